The van der Waals surface area contributed by atoms with Crippen LogP contribution in [0.2, 0.25) is 0 Å². The van der Waals surface area contributed by atoms with Gasteiger partial charge < -0.3 is 10.4 Å². The van der Waals surface area contributed by atoms with E-state index in [9.17, 15) is 5.11 Å². The van der Waals surface area contributed by atoms with Crippen molar-refractivity contribution in [2.24, 2.45) is 0 Å². The largest absolute Gasteiger partial charge is 0.390 e. The molecule has 0 fully saturated rings. The lowest BCUT2D eigenvalue weighted by Gasteiger charge is -2.18. The van der Waals surface area contributed by atoms with Crippen LogP contribution in [0.3, 0.4) is 0 Å². The smallest absolute Gasteiger partial charge is 0.0847 e. The highest BCUT2D eigenvalue weighted by atomic mass is 35.5. The van der Waals surface area contributed by atoms with Crippen LogP contribution in [0.5, 0.6) is 0 Å². The topological polar surface area (TPSA) is 32.3 Å². The molecule has 0 amide bonds. The molecule has 3 heteroatoms. The van der Waals surface area contributed by atoms with E-state index in [1.165, 1.54) is 11.1 Å². The van der Waals surface area contributed by atoms with Crippen LogP contribution in [0.1, 0.15) is 30.9 Å². The van der Waals surface area contributed by atoms with E-state index in [-0.39, 0.29) is 5.88 Å². The zero-order chi connectivity index (χ0) is 12.1. The number of halogens is 1. The Balaban J connectivity index is 2.84. The van der Waals surface area contributed by atoms with Crippen LogP contribution in [-0.2, 0) is 0 Å². The van der Waals surface area contributed by atoms with Crippen LogP contribution in [0.4, 0.5) is 5.69 Å². The number of rotatable bonds is 5. The molecule has 1 atom stereocenters. The first-order valence-corrected chi connectivity index (χ1v) is 6.17. The number of benzene rings is 1. The molecule has 1 aromatic carbocycles. The second-order valence-electron chi connectivity index (χ2n) is 4.38. The summed E-state index contributed by atoms with van der Waals surface area (Å²) in [7, 11) is 0. The van der Waals surface area contributed by atoms with Gasteiger partial charge in [0.25, 0.3) is 0 Å². The number of anilines is 1. The van der Waals surface area contributed by atoms with Gasteiger partial charge >= 0.3 is 0 Å². The van der Waals surface area contributed by atoms with Crippen molar-refractivity contribution in [3.8, 4) is 0 Å². The normalized spacial score (nSPS) is 12.9. The predicted octanol–water partition coefficient (Wildman–Crippen LogP) is 3.13. The third-order valence-corrected chi connectivity index (χ3v) is 2.98. The molecule has 2 nitrogen and oxygen atoms in total. The van der Waals surface area contributed by atoms with Crippen molar-refractivity contribution in [2.75, 3.05) is 17.7 Å². The van der Waals surface area contributed by atoms with Crippen LogP contribution in [0, 0.1) is 6.92 Å². The van der Waals surface area contributed by atoms with E-state index in [2.05, 4.69) is 44.3 Å². The summed E-state index contributed by atoms with van der Waals surface area (Å²) in [6.07, 6.45) is -0.499. The Morgan fingerprint density at radius 2 is 2.06 bits per heavy atom. The summed E-state index contributed by atoms with van der Waals surface area (Å²) < 4.78 is 0. The van der Waals surface area contributed by atoms with E-state index in [4.69, 9.17) is 11.6 Å². The molecule has 0 radical (unpaired) electrons. The standard InChI is InChI=1S/C13H20ClNO/c1-9(2)12-6-4-5-10(3)13(12)15-8-11(16)7-14/h4-6,9,11,15-16H,7-8H2,1-3H3. The molecule has 0 saturated heterocycles. The van der Waals surface area contributed by atoms with Crippen LogP contribution in [-0.4, -0.2) is 23.6 Å². The summed E-state index contributed by atoms with van der Waals surface area (Å²) in [4.78, 5) is 0. The molecule has 0 saturated carbocycles. The van der Waals surface area contributed by atoms with Crippen LogP contribution in [0.15, 0.2) is 18.2 Å². The maximum atomic E-state index is 9.45. The summed E-state index contributed by atoms with van der Waals surface area (Å²) in [6.45, 7) is 6.89. The average Bonchev–Trinajstić information content (AvgIpc) is 2.26. The van der Waals surface area contributed by atoms with Gasteiger partial charge in [0, 0.05) is 12.2 Å². The third-order valence-electron chi connectivity index (χ3n) is 2.62. The Labute approximate surface area is 103 Å². The van der Waals surface area contributed by atoms with Gasteiger partial charge in [0.05, 0.1) is 12.0 Å². The Morgan fingerprint density at radius 1 is 1.38 bits per heavy atom. The lowest BCUT2D eigenvalue weighted by Crippen LogP contribution is -2.21. The molecule has 0 aromatic heterocycles. The number of nitrogens with one attached hydrogen (secondary N) is 1. The van der Waals surface area contributed by atoms with Crippen molar-refractivity contribution < 1.29 is 5.11 Å². The van der Waals surface area contributed by atoms with E-state index in [1.807, 2.05) is 0 Å². The third kappa shape index (κ3) is 3.39. The van der Waals surface area contributed by atoms with Crippen molar-refractivity contribution >= 4 is 17.3 Å². The molecular weight excluding hydrogens is 222 g/mol. The minimum atomic E-state index is -0.499. The molecule has 0 aliphatic heterocycles. The molecule has 2 N–H and O–H groups in total. The Morgan fingerprint density at radius 3 is 2.62 bits per heavy atom. The second kappa shape index (κ2) is 6.12. The van der Waals surface area contributed by atoms with Crippen LogP contribution < -0.4 is 5.32 Å². The molecule has 16 heavy (non-hydrogen) atoms. The lowest BCUT2D eigenvalue weighted by atomic mass is 9.98. The number of hydrogen-bond acceptors (Lipinski definition) is 2. The van der Waals surface area contributed by atoms with Gasteiger partial charge in [-0.1, -0.05) is 32.0 Å². The number of aliphatic hydroxyl groups excluding tert-OH is 1. The highest BCUT2D eigenvalue weighted by Crippen LogP contribution is 2.27. The fraction of sp³-hybridized carbons (Fsp3) is 0.538. The highest BCUT2D eigenvalue weighted by Gasteiger charge is 2.10. The molecule has 0 aliphatic rings. The first-order valence-electron chi connectivity index (χ1n) is 5.63. The predicted molar refractivity (Wildman–Crippen MR) is 70.5 cm³/mol. The number of aliphatic hydroxyl groups is 1. The van der Waals surface area contributed by atoms with Gasteiger partial charge in [-0.2, -0.15) is 0 Å². The molecule has 1 aromatic rings. The van der Waals surface area contributed by atoms with E-state index < -0.39 is 6.10 Å². The summed E-state index contributed by atoms with van der Waals surface area (Å²) >= 11 is 5.57. The van der Waals surface area contributed by atoms with Crippen molar-refractivity contribution in [2.45, 2.75) is 32.8 Å². The van der Waals surface area contributed by atoms with E-state index in [0.717, 1.165) is 5.69 Å². The molecule has 0 aliphatic carbocycles. The van der Waals surface area contributed by atoms with E-state index in [1.54, 1.807) is 0 Å². The maximum absolute atomic E-state index is 9.45. The molecule has 1 unspecified atom stereocenters. The molecule has 1 rings (SSSR count). The minimum Gasteiger partial charge on any atom is -0.390 e. The van der Waals surface area contributed by atoms with Crippen molar-refractivity contribution in [1.29, 1.82) is 0 Å². The molecule has 0 spiro atoms. The lowest BCUT2D eigenvalue weighted by molar-refractivity contribution is 0.211. The summed E-state index contributed by atoms with van der Waals surface area (Å²) in [5, 5.41) is 12.7. The first kappa shape index (κ1) is 13.3. The van der Waals surface area contributed by atoms with Crippen molar-refractivity contribution in [3.63, 3.8) is 0 Å². The zero-order valence-electron chi connectivity index (χ0n) is 10.1. The molecule has 90 valence electrons. The maximum Gasteiger partial charge on any atom is 0.0847 e. The second-order valence-corrected chi connectivity index (χ2v) is 4.69. The Hall–Kier alpha value is -0.730. The number of hydrogen-bond donors (Lipinski definition) is 2. The molecule has 0 heterocycles. The summed E-state index contributed by atoms with van der Waals surface area (Å²) in [5.74, 6) is 0.728. The zero-order valence-corrected chi connectivity index (χ0v) is 10.9. The molecule has 0 bridgehead atoms. The number of alkyl halides is 1. The fourth-order valence-electron chi connectivity index (χ4n) is 1.69. The first-order chi connectivity index (χ1) is 7.56. The number of aryl methyl sites for hydroxylation is 1. The number of para-hydroxylation sites is 1. The highest BCUT2D eigenvalue weighted by molar-refractivity contribution is 6.18. The van der Waals surface area contributed by atoms with Crippen molar-refractivity contribution in [3.05, 3.63) is 29.3 Å². The van der Waals surface area contributed by atoms with Crippen molar-refractivity contribution in [1.82, 2.24) is 0 Å². The monoisotopic (exact) mass is 241 g/mol. The minimum absolute atomic E-state index is 0.260. The van der Waals surface area contributed by atoms with Gasteiger partial charge in [-0.15, -0.1) is 11.6 Å². The van der Waals surface area contributed by atoms with E-state index >= 15 is 0 Å². The SMILES string of the molecule is Cc1cccc(C(C)C)c1NCC(O)CCl. The van der Waals surface area contributed by atoms with Gasteiger partial charge in [0.15, 0.2) is 0 Å². The Bertz CT molecular complexity index is 339. The van der Waals surface area contributed by atoms with Gasteiger partial charge in [-0.25, -0.2) is 0 Å². The quantitative estimate of drug-likeness (QED) is 0.777. The molecular formula is C13H20ClNO. The summed E-state index contributed by atoms with van der Waals surface area (Å²) in [6, 6.07) is 6.25. The van der Waals surface area contributed by atoms with Crippen LogP contribution in [0.25, 0.3) is 0 Å². The van der Waals surface area contributed by atoms with Gasteiger partial charge in [-0.05, 0) is 24.0 Å². The Kier molecular flexibility index (Phi) is 5.10. The van der Waals surface area contributed by atoms with Gasteiger partial charge in [0.2, 0.25) is 0 Å². The summed E-state index contributed by atoms with van der Waals surface area (Å²) in [5.41, 5.74) is 3.61. The fourth-order valence-corrected chi connectivity index (χ4v) is 1.80. The van der Waals surface area contributed by atoms with Gasteiger partial charge in [-0.3, -0.25) is 0 Å². The van der Waals surface area contributed by atoms with E-state index in [0.29, 0.717) is 12.5 Å². The van der Waals surface area contributed by atoms with Crippen LogP contribution >= 0.6 is 11.6 Å². The van der Waals surface area contributed by atoms with Gasteiger partial charge in [0.1, 0.15) is 0 Å². The average molecular weight is 242 g/mol.